The number of likely N-dealkylation sites (N-methyl/N-ethyl adjacent to an activating group) is 1. The number of imidazole rings is 1. The van der Waals surface area contributed by atoms with Gasteiger partial charge in [0.2, 0.25) is 0 Å². The first-order valence-electron chi connectivity index (χ1n) is 7.06. The molecule has 0 bridgehead atoms. The van der Waals surface area contributed by atoms with Gasteiger partial charge in [-0.2, -0.15) is 0 Å². The van der Waals surface area contributed by atoms with Crippen LogP contribution in [-0.2, 0) is 6.54 Å². The van der Waals surface area contributed by atoms with Gasteiger partial charge in [0.25, 0.3) is 0 Å². The largest absolute Gasteiger partial charge is 0.325 e. The lowest BCUT2D eigenvalue weighted by Crippen LogP contribution is -2.29. The summed E-state index contributed by atoms with van der Waals surface area (Å²) in [6.45, 7) is 4.09. The Morgan fingerprint density at radius 3 is 2.90 bits per heavy atom. The van der Waals surface area contributed by atoms with E-state index in [-0.39, 0.29) is 5.38 Å². The monoisotopic (exact) mass is 311 g/mol. The van der Waals surface area contributed by atoms with E-state index in [0.717, 1.165) is 23.4 Å². The van der Waals surface area contributed by atoms with Crippen molar-refractivity contribution >= 4 is 34.2 Å². The molecule has 1 aliphatic heterocycles. The minimum Gasteiger partial charge on any atom is -0.325 e. The quantitative estimate of drug-likeness (QED) is 0.796. The van der Waals surface area contributed by atoms with Crippen molar-refractivity contribution in [2.24, 2.45) is 0 Å². The van der Waals surface area contributed by atoms with Gasteiger partial charge < -0.3 is 9.47 Å². The Morgan fingerprint density at radius 2 is 2.25 bits per heavy atom. The van der Waals surface area contributed by atoms with E-state index >= 15 is 0 Å². The van der Waals surface area contributed by atoms with Crippen LogP contribution in [0.4, 0.5) is 0 Å². The highest BCUT2D eigenvalue weighted by Crippen LogP contribution is 2.28. The van der Waals surface area contributed by atoms with Crippen molar-refractivity contribution in [2.75, 3.05) is 13.6 Å². The summed E-state index contributed by atoms with van der Waals surface area (Å²) in [5.74, 6) is 0.934. The van der Waals surface area contributed by atoms with Crippen LogP contribution < -0.4 is 0 Å². The predicted octanol–water partition coefficient (Wildman–Crippen LogP) is 4.08. The van der Waals surface area contributed by atoms with Gasteiger partial charge in [-0.15, -0.1) is 11.6 Å². The number of aromatic nitrogens is 2. The second kappa shape index (κ2) is 5.55. The fourth-order valence-corrected chi connectivity index (χ4v) is 3.37. The molecule has 0 radical (unpaired) electrons. The van der Waals surface area contributed by atoms with Crippen molar-refractivity contribution in [1.29, 1.82) is 0 Å². The first-order valence-corrected chi connectivity index (χ1v) is 7.87. The smallest absolute Gasteiger partial charge is 0.127 e. The van der Waals surface area contributed by atoms with Gasteiger partial charge in [-0.05, 0) is 51.6 Å². The summed E-state index contributed by atoms with van der Waals surface area (Å²) in [6, 6.07) is 6.44. The lowest BCUT2D eigenvalue weighted by Gasteiger charge is -2.22. The van der Waals surface area contributed by atoms with Crippen LogP contribution in [0, 0.1) is 0 Å². The SMILES string of the molecule is CC(Cl)c1nc2cc(Cl)ccc2n1CC1CCCN1C. The number of rotatable bonds is 3. The Labute approximate surface area is 129 Å². The molecule has 0 amide bonds. The fourth-order valence-electron chi connectivity index (χ4n) is 3.04. The maximum absolute atomic E-state index is 6.31. The molecule has 1 fully saturated rings. The minimum absolute atomic E-state index is 0.104. The normalized spacial score (nSPS) is 21.7. The third-order valence-electron chi connectivity index (χ3n) is 4.16. The van der Waals surface area contributed by atoms with E-state index in [1.807, 2.05) is 25.1 Å². The Bertz CT molecular complexity index is 621. The summed E-state index contributed by atoms with van der Waals surface area (Å²) in [5, 5.41) is 0.613. The number of benzene rings is 1. The van der Waals surface area contributed by atoms with E-state index in [9.17, 15) is 0 Å². The molecular formula is C15H19Cl2N3. The van der Waals surface area contributed by atoms with Crippen LogP contribution in [0.15, 0.2) is 18.2 Å². The number of halogens is 2. The zero-order valence-electron chi connectivity index (χ0n) is 11.8. The van der Waals surface area contributed by atoms with E-state index in [4.69, 9.17) is 23.2 Å². The van der Waals surface area contributed by atoms with Crippen LogP contribution in [0.3, 0.4) is 0 Å². The molecule has 2 heterocycles. The number of alkyl halides is 1. The summed E-state index contributed by atoms with van der Waals surface area (Å²) in [6.07, 6.45) is 2.51. The molecule has 1 aromatic heterocycles. The average molecular weight is 312 g/mol. The Balaban J connectivity index is 2.04. The van der Waals surface area contributed by atoms with Crippen LogP contribution in [0.25, 0.3) is 11.0 Å². The van der Waals surface area contributed by atoms with Gasteiger partial charge in [-0.25, -0.2) is 4.98 Å². The van der Waals surface area contributed by atoms with Gasteiger partial charge in [-0.3, -0.25) is 0 Å². The number of nitrogens with zero attached hydrogens (tertiary/aromatic N) is 3. The second-order valence-electron chi connectivity index (χ2n) is 5.61. The molecule has 1 aromatic carbocycles. The Morgan fingerprint density at radius 1 is 1.45 bits per heavy atom. The highest BCUT2D eigenvalue weighted by atomic mass is 35.5. The number of likely N-dealkylation sites (tertiary alicyclic amines) is 1. The topological polar surface area (TPSA) is 21.1 Å². The maximum Gasteiger partial charge on any atom is 0.127 e. The summed E-state index contributed by atoms with van der Waals surface area (Å²) >= 11 is 12.4. The molecule has 108 valence electrons. The minimum atomic E-state index is -0.104. The van der Waals surface area contributed by atoms with Gasteiger partial charge in [0.05, 0.1) is 16.4 Å². The molecule has 20 heavy (non-hydrogen) atoms. The molecule has 2 unspecified atom stereocenters. The number of hydrogen-bond donors (Lipinski definition) is 0. The van der Waals surface area contributed by atoms with Crippen LogP contribution in [0.5, 0.6) is 0 Å². The van der Waals surface area contributed by atoms with Crippen molar-refractivity contribution in [3.05, 3.63) is 29.0 Å². The molecule has 0 aliphatic carbocycles. The van der Waals surface area contributed by atoms with E-state index in [2.05, 4.69) is 21.5 Å². The van der Waals surface area contributed by atoms with E-state index in [1.165, 1.54) is 19.4 Å². The second-order valence-corrected chi connectivity index (χ2v) is 6.70. The summed E-state index contributed by atoms with van der Waals surface area (Å²) in [7, 11) is 2.19. The first-order chi connectivity index (χ1) is 9.56. The molecule has 3 nitrogen and oxygen atoms in total. The van der Waals surface area contributed by atoms with Gasteiger partial charge in [-0.1, -0.05) is 11.6 Å². The standard InChI is InChI=1S/C15H19Cl2N3/c1-10(16)15-18-13-8-11(17)5-6-14(13)20(15)9-12-4-3-7-19(12)2/h5-6,8,10,12H,3-4,7,9H2,1-2H3. The number of fused-ring (bicyclic) bond motifs is 1. The third-order valence-corrected chi connectivity index (χ3v) is 4.59. The first kappa shape index (κ1) is 14.2. The van der Waals surface area contributed by atoms with Gasteiger partial charge in [0.15, 0.2) is 0 Å². The van der Waals surface area contributed by atoms with Crippen molar-refractivity contribution in [2.45, 2.75) is 37.7 Å². The van der Waals surface area contributed by atoms with Crippen molar-refractivity contribution < 1.29 is 0 Å². The fraction of sp³-hybridized carbons (Fsp3) is 0.533. The molecule has 1 saturated heterocycles. The molecule has 2 atom stereocenters. The molecule has 5 heteroatoms. The van der Waals surface area contributed by atoms with Crippen LogP contribution >= 0.6 is 23.2 Å². The molecule has 1 aliphatic rings. The molecule has 2 aromatic rings. The van der Waals surface area contributed by atoms with Crippen LogP contribution in [0.2, 0.25) is 5.02 Å². The van der Waals surface area contributed by atoms with Crippen molar-refractivity contribution in [3.63, 3.8) is 0 Å². The van der Waals surface area contributed by atoms with Gasteiger partial charge in [0.1, 0.15) is 5.82 Å². The van der Waals surface area contributed by atoms with E-state index in [0.29, 0.717) is 11.1 Å². The van der Waals surface area contributed by atoms with E-state index < -0.39 is 0 Å². The summed E-state index contributed by atoms with van der Waals surface area (Å²) < 4.78 is 2.26. The molecule has 0 spiro atoms. The average Bonchev–Trinajstić information content (AvgIpc) is 2.95. The Hall–Kier alpha value is -0.770. The van der Waals surface area contributed by atoms with Gasteiger partial charge >= 0.3 is 0 Å². The molecular weight excluding hydrogens is 293 g/mol. The predicted molar refractivity (Wildman–Crippen MR) is 84.7 cm³/mol. The molecule has 3 rings (SSSR count). The third kappa shape index (κ3) is 2.54. The van der Waals surface area contributed by atoms with Crippen molar-refractivity contribution in [1.82, 2.24) is 14.5 Å². The molecule has 0 saturated carbocycles. The zero-order valence-corrected chi connectivity index (χ0v) is 13.3. The molecule has 0 N–H and O–H groups in total. The number of hydrogen-bond acceptors (Lipinski definition) is 2. The summed E-state index contributed by atoms with van der Waals surface area (Å²) in [4.78, 5) is 7.09. The zero-order chi connectivity index (χ0) is 14.3. The lowest BCUT2D eigenvalue weighted by atomic mass is 10.2. The van der Waals surface area contributed by atoms with Crippen LogP contribution in [-0.4, -0.2) is 34.1 Å². The van der Waals surface area contributed by atoms with Crippen LogP contribution in [0.1, 0.15) is 31.0 Å². The highest BCUT2D eigenvalue weighted by molar-refractivity contribution is 6.31. The highest BCUT2D eigenvalue weighted by Gasteiger charge is 2.24. The van der Waals surface area contributed by atoms with E-state index in [1.54, 1.807) is 0 Å². The lowest BCUT2D eigenvalue weighted by molar-refractivity contribution is 0.282. The maximum atomic E-state index is 6.31. The van der Waals surface area contributed by atoms with Crippen molar-refractivity contribution in [3.8, 4) is 0 Å². The summed E-state index contributed by atoms with van der Waals surface area (Å²) in [5.41, 5.74) is 2.05. The Kier molecular flexibility index (Phi) is 3.93. The van der Waals surface area contributed by atoms with Gasteiger partial charge in [0, 0.05) is 17.6 Å².